The van der Waals surface area contributed by atoms with E-state index in [4.69, 9.17) is 0 Å². The van der Waals surface area contributed by atoms with Gasteiger partial charge < -0.3 is 0 Å². The van der Waals surface area contributed by atoms with E-state index in [9.17, 15) is 0 Å². The molecule has 0 atom stereocenters. The van der Waals surface area contributed by atoms with Gasteiger partial charge in [-0.15, -0.1) is 49.2 Å². The molecule has 0 aliphatic carbocycles. The number of unbranched alkanes of at least 4 members (excludes halogenated alkanes) is 34. The average Bonchev–Trinajstić information content (AvgIpc) is 1.78. The molecule has 0 aliphatic rings. The highest BCUT2D eigenvalue weighted by Crippen LogP contribution is 2.27. The van der Waals surface area contributed by atoms with E-state index in [1.807, 2.05) is 23.4 Å². The molecule has 5 rings (SSSR count). The Bertz CT molecular complexity index is 3670. The molecule has 123 heavy (non-hydrogen) atoms. The lowest BCUT2D eigenvalue weighted by atomic mass is 9.89. The number of rotatable bonds is 50. The molecule has 0 fully saturated rings. The van der Waals surface area contributed by atoms with Gasteiger partial charge >= 0.3 is 0 Å². The number of hydrogen-bond acceptors (Lipinski definition) is 10. The number of nitrogens with zero attached hydrogens (tertiary/aromatic N) is 15. The molecule has 5 aromatic rings. The molecule has 702 valence electrons. The van der Waals surface area contributed by atoms with Gasteiger partial charge in [0.25, 0.3) is 0 Å². The summed E-state index contributed by atoms with van der Waals surface area (Å²) in [4.78, 5) is 0. The number of aromatic nitrogens is 15. The van der Waals surface area contributed by atoms with E-state index in [0.717, 1.165) is 119 Å². The number of hydrogen-bond donors (Lipinski definition) is 0. The average molecular weight is 1700 g/mol. The lowest BCUT2D eigenvalue weighted by Gasteiger charge is -2.17. The molecule has 15 heteroatoms. The molecule has 0 aliphatic heterocycles. The van der Waals surface area contributed by atoms with Gasteiger partial charge in [-0.05, 0) is 212 Å². The van der Waals surface area contributed by atoms with Crippen LogP contribution in [-0.2, 0) is 64.8 Å². The monoisotopic (exact) mass is 1700 g/mol. The standard InChI is InChI=1S/C23H41N3.C22H43N3.C22H39N3.C21H37N3.C20H35N3/c1-22(2,3)17-15-13-11-9-7-8-10-12-14-16-18-26-20-21(24-25-26)19-23(4,5)6;2*1-21(2,3)16-14-12-10-8-7-9-11-13-15-17-25-19-20(23-24-25)18-22(4,5)6;1-20(2,3)15-13-11-9-7-8-10-12-14-16-24-18-19(22-23-24)17-21(4,5)6;1-19(2,3)14-12-10-8-7-9-11-13-15-23-17-18(21-22-23)16-20(4,5)6/h20H,7-14,16,18-19H2,1-6H3;19H,7-18H2,1-6H3;19H,7-13,15,17-18H2,1-6H3;18H,7-12,14,16-17H2,1-6H3;17H,7-11,13,15-16H2,1-6H3. The van der Waals surface area contributed by atoms with Crippen molar-refractivity contribution in [2.45, 2.75) is 529 Å². The summed E-state index contributed by atoms with van der Waals surface area (Å²) in [6.45, 7) is 71.7. The zero-order valence-corrected chi connectivity index (χ0v) is 86.5. The van der Waals surface area contributed by atoms with Gasteiger partial charge in [0.05, 0.1) is 28.5 Å². The summed E-state index contributed by atoms with van der Waals surface area (Å²) in [6, 6.07) is 0. The zero-order valence-electron chi connectivity index (χ0n) is 86.5. The highest BCUT2D eigenvalue weighted by molar-refractivity contribution is 5.10. The van der Waals surface area contributed by atoms with Crippen LogP contribution in [0, 0.1) is 102 Å². The zero-order chi connectivity index (χ0) is 92.4. The van der Waals surface area contributed by atoms with Crippen LogP contribution in [0.2, 0.25) is 0 Å². The fourth-order valence-corrected chi connectivity index (χ4v) is 14.0. The molecule has 5 heterocycles. The van der Waals surface area contributed by atoms with Crippen LogP contribution in [0.4, 0.5) is 0 Å². The molecule has 0 radical (unpaired) electrons. The molecule has 0 saturated carbocycles. The molecule has 5 aromatic heterocycles. The minimum atomic E-state index is 0.143. The maximum atomic E-state index is 4.29. The van der Waals surface area contributed by atoms with Gasteiger partial charge in [0.15, 0.2) is 0 Å². The van der Waals surface area contributed by atoms with Crippen LogP contribution in [0.3, 0.4) is 0 Å². The Kier molecular flexibility index (Phi) is 58.1. The summed E-state index contributed by atoms with van der Waals surface area (Å²) in [5, 5.41) is 42.6. The van der Waals surface area contributed by atoms with Gasteiger partial charge in [-0.25, -0.2) is 0 Å². The van der Waals surface area contributed by atoms with Crippen molar-refractivity contribution in [2.75, 3.05) is 0 Å². The summed E-state index contributed by atoms with van der Waals surface area (Å²) >= 11 is 0. The maximum absolute atomic E-state index is 4.29. The normalized spacial score (nSPS) is 12.2. The molecule has 0 saturated heterocycles. The first-order valence-corrected chi connectivity index (χ1v) is 49.7. The highest BCUT2D eigenvalue weighted by atomic mass is 15.4. The number of aryl methyl sites for hydroxylation is 5. The quantitative estimate of drug-likeness (QED) is 0.0271. The predicted molar refractivity (Wildman–Crippen MR) is 529 cm³/mol. The van der Waals surface area contributed by atoms with Gasteiger partial charge in [-0.1, -0.05) is 341 Å². The summed E-state index contributed by atoms with van der Waals surface area (Å²) < 4.78 is 10.0. The molecule has 15 nitrogen and oxygen atoms in total. The molecule has 0 spiro atoms. The van der Waals surface area contributed by atoms with E-state index in [1.54, 1.807) is 0 Å². The first-order chi connectivity index (χ1) is 57.3. The van der Waals surface area contributed by atoms with Gasteiger partial charge in [0.1, 0.15) is 0 Å². The van der Waals surface area contributed by atoms with Crippen molar-refractivity contribution in [1.82, 2.24) is 75.0 Å². The van der Waals surface area contributed by atoms with Gasteiger partial charge in [0.2, 0.25) is 0 Å². The summed E-state index contributed by atoms with van der Waals surface area (Å²) in [5.74, 6) is 26.4. The summed E-state index contributed by atoms with van der Waals surface area (Å²) in [7, 11) is 0. The Labute approximate surface area is 760 Å². The Morgan fingerprint density at radius 3 is 0.480 bits per heavy atom. The van der Waals surface area contributed by atoms with E-state index < -0.39 is 0 Å². The summed E-state index contributed by atoms with van der Waals surface area (Å²) in [5.41, 5.74) is 8.06. The maximum Gasteiger partial charge on any atom is 0.0832 e. The third kappa shape index (κ3) is 80.3. The Morgan fingerprint density at radius 1 is 0.187 bits per heavy atom. The van der Waals surface area contributed by atoms with Crippen LogP contribution in [0.15, 0.2) is 31.0 Å². The van der Waals surface area contributed by atoms with E-state index in [-0.39, 0.29) is 48.7 Å². The lowest BCUT2D eigenvalue weighted by molar-refractivity contribution is 0.356. The third-order valence-corrected chi connectivity index (χ3v) is 19.9. The van der Waals surface area contributed by atoms with E-state index in [2.05, 4.69) is 338 Å². The van der Waals surface area contributed by atoms with Gasteiger partial charge in [0, 0.05) is 111 Å². The SMILES string of the molecule is CC(C)(C)C#CCCCCCCCCCCn1cc(CC(C)(C)C)nn1.CC(C)(C)C#CCCCCCCCCCn1cc(CC(C)(C)C)nn1.CC(C)(C)C#CCCCCCCCCn1cc(CC(C)(C)C)nn1.CC(C)(C)C#CCCCCCCCn1cc(CC(C)(C)C)nn1.CC(C)(C)CCCCCCCCCCCn1cc(CC(C)(C)C)nn1. The summed E-state index contributed by atoms with van der Waals surface area (Å²) in [6.07, 6.45) is 67.0. The lowest BCUT2D eigenvalue weighted by Crippen LogP contribution is -2.09. The van der Waals surface area contributed by atoms with Crippen LogP contribution in [0.5, 0.6) is 0 Å². The largest absolute Gasteiger partial charge is 0.252 e. The van der Waals surface area contributed by atoms with Crippen molar-refractivity contribution >= 4 is 0 Å². The molecule has 0 unspecified atom stereocenters. The molecule has 0 bridgehead atoms. The fraction of sp³-hybridized carbons (Fsp3) is 0.833. The second-order valence-electron chi connectivity index (χ2n) is 47.4. The highest BCUT2D eigenvalue weighted by Gasteiger charge is 2.20. The van der Waals surface area contributed by atoms with Crippen LogP contribution in [0.25, 0.3) is 0 Å². The third-order valence-electron chi connectivity index (χ3n) is 19.9. The second-order valence-corrected chi connectivity index (χ2v) is 47.4. The van der Waals surface area contributed by atoms with Crippen molar-refractivity contribution in [3.05, 3.63) is 59.5 Å². The van der Waals surface area contributed by atoms with Crippen LogP contribution in [-0.4, -0.2) is 75.0 Å². The van der Waals surface area contributed by atoms with Crippen molar-refractivity contribution in [3.8, 4) is 47.4 Å². The van der Waals surface area contributed by atoms with Crippen LogP contribution in [0.1, 0.15) is 493 Å². The van der Waals surface area contributed by atoms with Crippen LogP contribution >= 0.6 is 0 Å². The smallest absolute Gasteiger partial charge is 0.0832 e. The van der Waals surface area contributed by atoms with Gasteiger partial charge in [-0.3, -0.25) is 23.4 Å². The topological polar surface area (TPSA) is 154 Å². The predicted octanol–water partition coefficient (Wildman–Crippen LogP) is 30.2. The van der Waals surface area contributed by atoms with Gasteiger partial charge in [-0.2, -0.15) is 0 Å². The fourth-order valence-electron chi connectivity index (χ4n) is 14.0. The van der Waals surface area contributed by atoms with Crippen molar-refractivity contribution in [2.24, 2.45) is 54.1 Å². The minimum absolute atomic E-state index is 0.143. The Morgan fingerprint density at radius 2 is 0.333 bits per heavy atom. The molecular weight excluding hydrogens is 1510 g/mol. The van der Waals surface area contributed by atoms with E-state index in [1.165, 1.54) is 231 Å². The second kappa shape index (κ2) is 62.2. The first-order valence-electron chi connectivity index (χ1n) is 49.7. The Balaban J connectivity index is 0.000000769. The van der Waals surface area contributed by atoms with Crippen molar-refractivity contribution in [1.29, 1.82) is 0 Å². The minimum Gasteiger partial charge on any atom is -0.252 e. The van der Waals surface area contributed by atoms with E-state index in [0.29, 0.717) is 5.41 Å². The molecule has 0 N–H and O–H groups in total. The molecule has 0 amide bonds. The van der Waals surface area contributed by atoms with Crippen LogP contribution < -0.4 is 0 Å². The molecular formula is C108H195N15. The van der Waals surface area contributed by atoms with E-state index >= 15 is 0 Å². The van der Waals surface area contributed by atoms with Crippen molar-refractivity contribution < 1.29 is 0 Å². The molecule has 0 aromatic carbocycles. The van der Waals surface area contributed by atoms with Crippen molar-refractivity contribution in [3.63, 3.8) is 0 Å². The Hall–Kier alpha value is -6.06. The first kappa shape index (κ1) is 115.